The molecule has 2 N–H and O–H groups in total. The van der Waals surface area contributed by atoms with E-state index in [9.17, 15) is 0 Å². The number of hydrogen-bond donors (Lipinski definition) is 1. The van der Waals surface area contributed by atoms with Crippen molar-refractivity contribution in [3.63, 3.8) is 0 Å². The standard InChI is InChI=1S/C15H24N2O.ClH/c1-2-10-18-15-5-3-4-13(11-15)12-17-8-6-14(16)7-9-17;/h3-5,11,14H,2,6-10,12,16H2,1H3;1H. The lowest BCUT2D eigenvalue weighted by atomic mass is 10.1. The van der Waals surface area contributed by atoms with Crippen molar-refractivity contribution in [2.45, 2.75) is 38.8 Å². The van der Waals surface area contributed by atoms with E-state index in [0.717, 1.165) is 51.3 Å². The molecule has 0 radical (unpaired) electrons. The van der Waals surface area contributed by atoms with Crippen molar-refractivity contribution in [2.75, 3.05) is 19.7 Å². The van der Waals surface area contributed by atoms with Crippen LogP contribution in [0, 0.1) is 0 Å². The van der Waals surface area contributed by atoms with E-state index in [4.69, 9.17) is 10.5 Å². The lowest BCUT2D eigenvalue weighted by molar-refractivity contribution is 0.205. The van der Waals surface area contributed by atoms with E-state index in [1.54, 1.807) is 0 Å². The maximum Gasteiger partial charge on any atom is 0.119 e. The summed E-state index contributed by atoms with van der Waals surface area (Å²) in [6.07, 6.45) is 3.28. The van der Waals surface area contributed by atoms with E-state index in [1.807, 2.05) is 6.07 Å². The first kappa shape index (κ1) is 16.3. The number of halogens is 1. The highest BCUT2D eigenvalue weighted by atomic mass is 35.5. The second kappa shape index (κ2) is 8.41. The molecule has 1 fully saturated rings. The van der Waals surface area contributed by atoms with Crippen LogP contribution in [0.3, 0.4) is 0 Å². The number of rotatable bonds is 5. The number of likely N-dealkylation sites (tertiary alicyclic amines) is 1. The summed E-state index contributed by atoms with van der Waals surface area (Å²) in [5.74, 6) is 0.989. The highest BCUT2D eigenvalue weighted by Crippen LogP contribution is 2.17. The van der Waals surface area contributed by atoms with E-state index in [-0.39, 0.29) is 12.4 Å². The molecular weight excluding hydrogens is 260 g/mol. The molecule has 0 saturated carbocycles. The van der Waals surface area contributed by atoms with Crippen molar-refractivity contribution in [1.82, 2.24) is 4.90 Å². The van der Waals surface area contributed by atoms with Crippen LogP contribution in [-0.4, -0.2) is 30.6 Å². The van der Waals surface area contributed by atoms with Crippen LogP contribution in [0.25, 0.3) is 0 Å². The first-order valence-electron chi connectivity index (χ1n) is 6.97. The number of nitrogens with zero attached hydrogens (tertiary/aromatic N) is 1. The minimum Gasteiger partial charge on any atom is -0.494 e. The smallest absolute Gasteiger partial charge is 0.119 e. The van der Waals surface area contributed by atoms with Crippen LogP contribution in [0.1, 0.15) is 31.7 Å². The first-order valence-corrected chi connectivity index (χ1v) is 6.97. The molecule has 19 heavy (non-hydrogen) atoms. The maximum absolute atomic E-state index is 5.92. The third-order valence-corrected chi connectivity index (χ3v) is 3.41. The molecule has 0 aliphatic carbocycles. The Balaban J connectivity index is 0.00000180. The molecule has 1 aliphatic rings. The minimum absolute atomic E-state index is 0. The molecule has 4 heteroatoms. The van der Waals surface area contributed by atoms with Crippen LogP contribution in [0.4, 0.5) is 0 Å². The van der Waals surface area contributed by atoms with Gasteiger partial charge in [-0.05, 0) is 50.0 Å². The van der Waals surface area contributed by atoms with Crippen LogP contribution in [-0.2, 0) is 6.54 Å². The van der Waals surface area contributed by atoms with Crippen molar-refractivity contribution in [2.24, 2.45) is 5.73 Å². The summed E-state index contributed by atoms with van der Waals surface area (Å²) in [5.41, 5.74) is 7.26. The SMILES string of the molecule is CCCOc1cccc(CN2CCC(N)CC2)c1.Cl. The Morgan fingerprint density at radius 2 is 2.05 bits per heavy atom. The summed E-state index contributed by atoms with van der Waals surface area (Å²) < 4.78 is 5.66. The third kappa shape index (κ3) is 5.39. The fourth-order valence-electron chi connectivity index (χ4n) is 2.32. The molecule has 1 saturated heterocycles. The second-order valence-electron chi connectivity index (χ2n) is 5.11. The van der Waals surface area contributed by atoms with Gasteiger partial charge in [0, 0.05) is 12.6 Å². The van der Waals surface area contributed by atoms with Crippen LogP contribution in [0.15, 0.2) is 24.3 Å². The molecule has 2 rings (SSSR count). The van der Waals surface area contributed by atoms with Crippen LogP contribution >= 0.6 is 12.4 Å². The van der Waals surface area contributed by atoms with Gasteiger partial charge in [0.15, 0.2) is 0 Å². The van der Waals surface area contributed by atoms with Gasteiger partial charge in [-0.2, -0.15) is 0 Å². The number of benzene rings is 1. The Bertz CT molecular complexity index is 365. The van der Waals surface area contributed by atoms with Crippen molar-refractivity contribution in [3.05, 3.63) is 29.8 Å². The van der Waals surface area contributed by atoms with Gasteiger partial charge in [0.25, 0.3) is 0 Å². The molecule has 3 nitrogen and oxygen atoms in total. The Hall–Kier alpha value is -0.770. The molecule has 0 aromatic heterocycles. The fourth-order valence-corrected chi connectivity index (χ4v) is 2.32. The topological polar surface area (TPSA) is 38.5 Å². The van der Waals surface area contributed by atoms with Gasteiger partial charge in [-0.15, -0.1) is 12.4 Å². The Labute approximate surface area is 122 Å². The largest absolute Gasteiger partial charge is 0.494 e. The molecule has 0 bridgehead atoms. The summed E-state index contributed by atoms with van der Waals surface area (Å²) in [7, 11) is 0. The highest BCUT2D eigenvalue weighted by Gasteiger charge is 2.15. The molecule has 108 valence electrons. The van der Waals surface area contributed by atoms with Gasteiger partial charge in [-0.3, -0.25) is 4.90 Å². The summed E-state index contributed by atoms with van der Waals surface area (Å²) >= 11 is 0. The molecule has 0 atom stereocenters. The van der Waals surface area contributed by atoms with E-state index < -0.39 is 0 Å². The number of hydrogen-bond acceptors (Lipinski definition) is 3. The van der Waals surface area contributed by atoms with Crippen molar-refractivity contribution in [3.8, 4) is 5.75 Å². The van der Waals surface area contributed by atoms with E-state index in [0.29, 0.717) is 6.04 Å². The molecule has 0 amide bonds. The predicted octanol–water partition coefficient (Wildman–Crippen LogP) is 2.82. The average Bonchev–Trinajstić information content (AvgIpc) is 2.40. The molecule has 0 spiro atoms. The van der Waals surface area contributed by atoms with E-state index >= 15 is 0 Å². The lowest BCUT2D eigenvalue weighted by Gasteiger charge is -2.30. The maximum atomic E-state index is 5.92. The summed E-state index contributed by atoms with van der Waals surface area (Å²) in [6, 6.07) is 8.85. The van der Waals surface area contributed by atoms with Gasteiger partial charge in [-0.25, -0.2) is 0 Å². The minimum atomic E-state index is 0. The van der Waals surface area contributed by atoms with Gasteiger partial charge in [-0.1, -0.05) is 19.1 Å². The van der Waals surface area contributed by atoms with Crippen LogP contribution in [0.5, 0.6) is 5.75 Å². The van der Waals surface area contributed by atoms with Gasteiger partial charge in [0.05, 0.1) is 6.61 Å². The van der Waals surface area contributed by atoms with Crippen molar-refractivity contribution >= 4 is 12.4 Å². The Morgan fingerprint density at radius 3 is 2.74 bits per heavy atom. The average molecular weight is 285 g/mol. The predicted molar refractivity (Wildman–Crippen MR) is 82.0 cm³/mol. The molecule has 1 aromatic carbocycles. The third-order valence-electron chi connectivity index (χ3n) is 3.41. The molecule has 1 aromatic rings. The second-order valence-corrected chi connectivity index (χ2v) is 5.11. The Morgan fingerprint density at radius 1 is 1.32 bits per heavy atom. The summed E-state index contributed by atoms with van der Waals surface area (Å²) in [6.45, 7) is 6.15. The molecule has 0 unspecified atom stereocenters. The van der Waals surface area contributed by atoms with Crippen LogP contribution in [0.2, 0.25) is 0 Å². The molecule has 1 heterocycles. The monoisotopic (exact) mass is 284 g/mol. The Kier molecular flexibility index (Phi) is 7.21. The van der Waals surface area contributed by atoms with E-state index in [2.05, 4.69) is 30.0 Å². The summed E-state index contributed by atoms with van der Waals surface area (Å²) in [5, 5.41) is 0. The van der Waals surface area contributed by atoms with Crippen molar-refractivity contribution < 1.29 is 4.74 Å². The fraction of sp³-hybridized carbons (Fsp3) is 0.600. The normalized spacial score (nSPS) is 16.9. The van der Waals surface area contributed by atoms with Gasteiger partial charge >= 0.3 is 0 Å². The van der Waals surface area contributed by atoms with Gasteiger partial charge in [0.1, 0.15) is 5.75 Å². The lowest BCUT2D eigenvalue weighted by Crippen LogP contribution is -2.39. The number of ether oxygens (including phenoxy) is 1. The zero-order chi connectivity index (χ0) is 12.8. The first-order chi connectivity index (χ1) is 8.78. The summed E-state index contributed by atoms with van der Waals surface area (Å²) in [4.78, 5) is 2.47. The van der Waals surface area contributed by atoms with Crippen LogP contribution < -0.4 is 10.5 Å². The molecular formula is C15H25ClN2O. The highest BCUT2D eigenvalue weighted by molar-refractivity contribution is 5.85. The van der Waals surface area contributed by atoms with Gasteiger partial charge < -0.3 is 10.5 Å². The zero-order valence-electron chi connectivity index (χ0n) is 11.7. The van der Waals surface area contributed by atoms with E-state index in [1.165, 1.54) is 5.56 Å². The quantitative estimate of drug-likeness (QED) is 0.904. The van der Waals surface area contributed by atoms with Gasteiger partial charge in [0.2, 0.25) is 0 Å². The molecule has 1 aliphatic heterocycles. The zero-order valence-corrected chi connectivity index (χ0v) is 12.5. The number of piperidine rings is 1. The number of nitrogens with two attached hydrogens (primary N) is 1. The van der Waals surface area contributed by atoms with Crippen molar-refractivity contribution in [1.29, 1.82) is 0 Å².